The van der Waals surface area contributed by atoms with E-state index in [9.17, 15) is 18.0 Å². The first-order chi connectivity index (χ1) is 7.61. The van der Waals surface area contributed by atoms with E-state index in [-0.39, 0.29) is 25.5 Å². The lowest BCUT2D eigenvalue weighted by atomic mass is 9.85. The number of alkyl halides is 3. The van der Waals surface area contributed by atoms with Crippen molar-refractivity contribution in [2.75, 3.05) is 26.3 Å². The molecule has 0 spiro atoms. The lowest BCUT2D eigenvalue weighted by Gasteiger charge is -2.37. The number of morpholine rings is 1. The molecule has 0 saturated carbocycles. The topological polar surface area (TPSA) is 29.5 Å². The molecule has 17 heavy (non-hydrogen) atoms. The summed E-state index contributed by atoms with van der Waals surface area (Å²) >= 11 is 0. The Morgan fingerprint density at radius 1 is 1.35 bits per heavy atom. The lowest BCUT2D eigenvalue weighted by Crippen LogP contribution is -2.55. The molecule has 0 bridgehead atoms. The molecule has 1 rings (SSSR count). The van der Waals surface area contributed by atoms with Crippen molar-refractivity contribution >= 4 is 5.78 Å². The van der Waals surface area contributed by atoms with Gasteiger partial charge in [-0.25, -0.2) is 0 Å². The van der Waals surface area contributed by atoms with Gasteiger partial charge in [0.25, 0.3) is 0 Å². The van der Waals surface area contributed by atoms with E-state index in [2.05, 4.69) is 0 Å². The fraction of sp³-hybridized carbons (Fsp3) is 0.909. The molecule has 0 aromatic rings. The van der Waals surface area contributed by atoms with Crippen LogP contribution >= 0.6 is 0 Å². The van der Waals surface area contributed by atoms with Crippen molar-refractivity contribution in [3.8, 4) is 0 Å². The number of ketones is 1. The molecule has 0 aromatic heterocycles. The van der Waals surface area contributed by atoms with Gasteiger partial charge in [0, 0.05) is 12.0 Å². The van der Waals surface area contributed by atoms with Crippen molar-refractivity contribution in [2.45, 2.75) is 33.0 Å². The summed E-state index contributed by atoms with van der Waals surface area (Å²) in [5.41, 5.74) is -0.658. The van der Waals surface area contributed by atoms with Crippen LogP contribution in [0.5, 0.6) is 0 Å². The lowest BCUT2D eigenvalue weighted by molar-refractivity contribution is -0.168. The van der Waals surface area contributed by atoms with Crippen molar-refractivity contribution in [2.24, 2.45) is 5.41 Å². The summed E-state index contributed by atoms with van der Waals surface area (Å²) in [6.45, 7) is 4.49. The van der Waals surface area contributed by atoms with Gasteiger partial charge in [0.1, 0.15) is 0 Å². The second-order valence-electron chi connectivity index (χ2n) is 5.29. The van der Waals surface area contributed by atoms with Crippen LogP contribution in [0.2, 0.25) is 0 Å². The maximum atomic E-state index is 12.4. The summed E-state index contributed by atoms with van der Waals surface area (Å²) in [5.74, 6) is -0.207. The average molecular weight is 253 g/mol. The van der Waals surface area contributed by atoms with Crippen LogP contribution in [-0.2, 0) is 9.53 Å². The van der Waals surface area contributed by atoms with Crippen LogP contribution in [0.1, 0.15) is 20.8 Å². The first-order valence-corrected chi connectivity index (χ1v) is 5.54. The minimum absolute atomic E-state index is 0.0478. The van der Waals surface area contributed by atoms with Gasteiger partial charge >= 0.3 is 6.18 Å². The molecule has 100 valence electrons. The number of nitrogens with zero attached hydrogens (tertiary/aromatic N) is 1. The van der Waals surface area contributed by atoms with Crippen LogP contribution in [-0.4, -0.2) is 49.2 Å². The second-order valence-corrected chi connectivity index (χ2v) is 5.29. The normalized spacial score (nSPS) is 23.8. The Kier molecular flexibility index (Phi) is 4.19. The van der Waals surface area contributed by atoms with Crippen LogP contribution in [0.4, 0.5) is 13.2 Å². The van der Waals surface area contributed by atoms with E-state index in [1.54, 1.807) is 20.8 Å². The van der Waals surface area contributed by atoms with Crippen LogP contribution < -0.4 is 0 Å². The molecule has 0 radical (unpaired) electrons. The second kappa shape index (κ2) is 4.94. The summed E-state index contributed by atoms with van der Waals surface area (Å²) < 4.78 is 42.3. The quantitative estimate of drug-likeness (QED) is 0.752. The zero-order chi connectivity index (χ0) is 13.3. The molecule has 1 aliphatic heterocycles. The monoisotopic (exact) mass is 253 g/mol. The highest BCUT2D eigenvalue weighted by Crippen LogP contribution is 2.25. The molecule has 0 aromatic carbocycles. The van der Waals surface area contributed by atoms with Gasteiger partial charge in [0.15, 0.2) is 5.78 Å². The van der Waals surface area contributed by atoms with Gasteiger partial charge in [-0.15, -0.1) is 0 Å². The Morgan fingerprint density at radius 2 is 1.94 bits per heavy atom. The summed E-state index contributed by atoms with van der Waals surface area (Å²) in [7, 11) is 0. The van der Waals surface area contributed by atoms with Gasteiger partial charge in [0.05, 0.1) is 25.8 Å². The highest BCUT2D eigenvalue weighted by atomic mass is 19.4. The smallest absolute Gasteiger partial charge is 0.378 e. The Hall–Kier alpha value is -0.620. The zero-order valence-corrected chi connectivity index (χ0v) is 10.3. The zero-order valence-electron chi connectivity index (χ0n) is 10.3. The number of rotatable bonds is 2. The molecule has 6 heteroatoms. The summed E-state index contributed by atoms with van der Waals surface area (Å²) in [4.78, 5) is 13.2. The molecule has 1 saturated heterocycles. The Balaban J connectivity index is 2.76. The van der Waals surface area contributed by atoms with Crippen molar-refractivity contribution in [1.82, 2.24) is 4.90 Å². The van der Waals surface area contributed by atoms with E-state index in [0.717, 1.165) is 4.90 Å². The minimum Gasteiger partial charge on any atom is -0.378 e. The van der Waals surface area contributed by atoms with Gasteiger partial charge < -0.3 is 4.74 Å². The van der Waals surface area contributed by atoms with Crippen molar-refractivity contribution in [3.63, 3.8) is 0 Å². The maximum Gasteiger partial charge on any atom is 0.401 e. The standard InChI is InChI=1S/C11H18F3NO2/c1-10(2,3)9(16)8-6-17-5-4-15(8)7-11(12,13)14/h8H,4-7H2,1-3H3/t8-/m0/s1. The van der Waals surface area contributed by atoms with Crippen molar-refractivity contribution in [3.05, 3.63) is 0 Å². The predicted molar refractivity (Wildman–Crippen MR) is 56.7 cm³/mol. The van der Waals surface area contributed by atoms with Crippen LogP contribution in [0.3, 0.4) is 0 Å². The molecular formula is C11H18F3NO2. The van der Waals surface area contributed by atoms with Gasteiger partial charge in [0.2, 0.25) is 0 Å². The molecular weight excluding hydrogens is 235 g/mol. The fourth-order valence-electron chi connectivity index (χ4n) is 1.80. The van der Waals surface area contributed by atoms with Crippen LogP contribution in [0.25, 0.3) is 0 Å². The number of halogens is 3. The number of carbonyl (C=O) groups excluding carboxylic acids is 1. The SMILES string of the molecule is CC(C)(C)C(=O)[C@@H]1COCCN1CC(F)(F)F. The van der Waals surface area contributed by atoms with Gasteiger partial charge in [-0.2, -0.15) is 13.2 Å². The van der Waals surface area contributed by atoms with E-state index in [1.165, 1.54) is 0 Å². The third kappa shape index (κ3) is 4.27. The van der Waals surface area contributed by atoms with E-state index >= 15 is 0 Å². The first kappa shape index (κ1) is 14.4. The summed E-state index contributed by atoms with van der Waals surface area (Å²) in [5, 5.41) is 0. The van der Waals surface area contributed by atoms with Crippen LogP contribution in [0.15, 0.2) is 0 Å². The number of hydrogen-bond acceptors (Lipinski definition) is 3. The average Bonchev–Trinajstić information content (AvgIpc) is 2.13. The van der Waals surface area contributed by atoms with Gasteiger partial charge in [-0.1, -0.05) is 20.8 Å². The first-order valence-electron chi connectivity index (χ1n) is 5.54. The molecule has 1 heterocycles. The van der Waals surface area contributed by atoms with E-state index in [0.29, 0.717) is 0 Å². The number of carbonyl (C=O) groups is 1. The van der Waals surface area contributed by atoms with Gasteiger partial charge in [-0.05, 0) is 0 Å². The van der Waals surface area contributed by atoms with E-state index < -0.39 is 24.2 Å². The molecule has 3 nitrogen and oxygen atoms in total. The summed E-state index contributed by atoms with van der Waals surface area (Å²) in [6, 6.07) is -0.787. The minimum atomic E-state index is -4.28. The van der Waals surface area contributed by atoms with E-state index in [4.69, 9.17) is 4.74 Å². The maximum absolute atomic E-state index is 12.4. The molecule has 0 unspecified atom stereocenters. The third-order valence-electron chi connectivity index (χ3n) is 2.66. The molecule has 1 fully saturated rings. The highest BCUT2D eigenvalue weighted by molar-refractivity contribution is 5.88. The van der Waals surface area contributed by atoms with Crippen LogP contribution in [0, 0.1) is 5.41 Å². The molecule has 0 amide bonds. The Bertz CT molecular complexity index is 283. The number of ether oxygens (including phenoxy) is 1. The molecule has 1 atom stereocenters. The van der Waals surface area contributed by atoms with Crippen molar-refractivity contribution < 1.29 is 22.7 Å². The molecule has 1 aliphatic rings. The number of Topliss-reactive ketones (excluding diaryl/α,β-unsaturated/α-hetero) is 1. The Morgan fingerprint density at radius 3 is 2.41 bits per heavy atom. The third-order valence-corrected chi connectivity index (χ3v) is 2.66. The summed E-state index contributed by atoms with van der Waals surface area (Å²) in [6.07, 6.45) is -4.28. The molecule has 0 N–H and O–H groups in total. The van der Waals surface area contributed by atoms with E-state index in [1.807, 2.05) is 0 Å². The molecule has 0 aliphatic carbocycles. The van der Waals surface area contributed by atoms with Gasteiger partial charge in [-0.3, -0.25) is 9.69 Å². The predicted octanol–water partition coefficient (Wildman–Crippen LogP) is 1.86. The largest absolute Gasteiger partial charge is 0.401 e. The number of hydrogen-bond donors (Lipinski definition) is 0. The Labute approximate surface area is 98.9 Å². The fourth-order valence-corrected chi connectivity index (χ4v) is 1.80. The van der Waals surface area contributed by atoms with Crippen molar-refractivity contribution in [1.29, 1.82) is 0 Å². The highest BCUT2D eigenvalue weighted by Gasteiger charge is 2.40.